The van der Waals surface area contributed by atoms with E-state index in [9.17, 15) is 18.0 Å². The highest BCUT2D eigenvalue weighted by atomic mass is 35.5. The molecular formula is C24H29ClF3N3O2. The molecule has 1 atom stereocenters. The molecule has 0 heterocycles. The average Bonchev–Trinajstić information content (AvgIpc) is 2.77. The van der Waals surface area contributed by atoms with Gasteiger partial charge >= 0.3 is 12.1 Å². The highest BCUT2D eigenvalue weighted by Gasteiger charge is 2.32. The van der Waals surface area contributed by atoms with Gasteiger partial charge in [0.1, 0.15) is 12.3 Å². The molecule has 0 saturated heterocycles. The van der Waals surface area contributed by atoms with Crippen LogP contribution >= 0.6 is 11.6 Å². The molecule has 0 bridgehead atoms. The second kappa shape index (κ2) is 11.5. The normalized spacial score (nSPS) is 13.7. The number of rotatable bonds is 10. The van der Waals surface area contributed by atoms with Gasteiger partial charge in [-0.2, -0.15) is 18.3 Å². The van der Waals surface area contributed by atoms with E-state index in [-0.39, 0.29) is 23.3 Å². The molecular weight excluding hydrogens is 455 g/mol. The highest BCUT2D eigenvalue weighted by molar-refractivity contribution is 6.33. The third-order valence-electron chi connectivity index (χ3n) is 5.57. The molecule has 0 amide bonds. The summed E-state index contributed by atoms with van der Waals surface area (Å²) >= 11 is 5.90. The van der Waals surface area contributed by atoms with Gasteiger partial charge in [0.05, 0.1) is 28.2 Å². The van der Waals surface area contributed by atoms with Crippen molar-refractivity contribution in [3.05, 3.63) is 53.1 Å². The number of benzene rings is 2. The minimum Gasteiger partial charge on any atom is -0.463 e. The van der Waals surface area contributed by atoms with Crippen molar-refractivity contribution >= 4 is 34.6 Å². The second-order valence-corrected chi connectivity index (χ2v) is 8.51. The van der Waals surface area contributed by atoms with Crippen LogP contribution in [0.25, 0.3) is 0 Å². The first-order valence-electron chi connectivity index (χ1n) is 10.8. The van der Waals surface area contributed by atoms with E-state index in [0.717, 1.165) is 37.1 Å². The highest BCUT2D eigenvalue weighted by Crippen LogP contribution is 2.35. The van der Waals surface area contributed by atoms with Crippen molar-refractivity contribution in [2.24, 2.45) is 15.6 Å². The van der Waals surface area contributed by atoms with Crippen molar-refractivity contribution in [2.45, 2.75) is 46.2 Å². The van der Waals surface area contributed by atoms with Crippen molar-refractivity contribution in [3.63, 3.8) is 0 Å². The molecule has 180 valence electrons. The number of carbonyl (C=O) groups is 1. The van der Waals surface area contributed by atoms with E-state index in [4.69, 9.17) is 16.3 Å². The van der Waals surface area contributed by atoms with Gasteiger partial charge in [-0.3, -0.25) is 4.79 Å². The van der Waals surface area contributed by atoms with Crippen LogP contribution in [0.15, 0.2) is 52.7 Å². The lowest BCUT2D eigenvalue weighted by Crippen LogP contribution is -2.32. The molecule has 0 aliphatic carbocycles. The number of esters is 1. The third kappa shape index (κ3) is 7.45. The molecule has 0 aromatic heterocycles. The van der Waals surface area contributed by atoms with Gasteiger partial charge < -0.3 is 9.64 Å². The third-order valence-corrected chi connectivity index (χ3v) is 5.88. The number of alkyl halides is 3. The number of hydrogen-bond acceptors (Lipinski definition) is 5. The molecule has 2 aromatic carbocycles. The smallest absolute Gasteiger partial charge is 0.416 e. The van der Waals surface area contributed by atoms with Gasteiger partial charge in [0.25, 0.3) is 0 Å². The Morgan fingerprint density at radius 1 is 1.09 bits per heavy atom. The zero-order valence-electron chi connectivity index (χ0n) is 19.2. The van der Waals surface area contributed by atoms with Crippen LogP contribution in [0.4, 0.5) is 30.2 Å². The van der Waals surface area contributed by atoms with Crippen LogP contribution in [-0.2, 0) is 15.7 Å². The lowest BCUT2D eigenvalue weighted by Gasteiger charge is -2.26. The van der Waals surface area contributed by atoms with Gasteiger partial charge in [-0.15, -0.1) is 5.11 Å². The van der Waals surface area contributed by atoms with E-state index >= 15 is 0 Å². The lowest BCUT2D eigenvalue weighted by molar-refractivity contribution is -0.155. The molecule has 2 rings (SSSR count). The predicted octanol–water partition coefficient (Wildman–Crippen LogP) is 7.97. The fourth-order valence-corrected chi connectivity index (χ4v) is 3.42. The standard InChI is InChI=1S/C24H29ClF3N3O2/c1-5-13-23(3,6-2)22(32)33-15-14-31(4)19-10-8-18(9-11-19)29-30-21-12-7-17(16-20(21)25)24(26,27)28/h7-12,16H,5-6,13-15H2,1-4H3. The van der Waals surface area contributed by atoms with Crippen LogP contribution in [0.5, 0.6) is 0 Å². The first-order chi connectivity index (χ1) is 15.5. The fraction of sp³-hybridized carbons (Fsp3) is 0.458. The van der Waals surface area contributed by atoms with Crippen molar-refractivity contribution in [1.82, 2.24) is 0 Å². The second-order valence-electron chi connectivity index (χ2n) is 8.10. The molecule has 0 radical (unpaired) electrons. The summed E-state index contributed by atoms with van der Waals surface area (Å²) in [5, 5.41) is 7.86. The summed E-state index contributed by atoms with van der Waals surface area (Å²) in [5.41, 5.74) is 0.275. The summed E-state index contributed by atoms with van der Waals surface area (Å²) in [6.07, 6.45) is -2.01. The topological polar surface area (TPSA) is 54.3 Å². The average molecular weight is 484 g/mol. The predicted molar refractivity (Wildman–Crippen MR) is 125 cm³/mol. The Morgan fingerprint density at radius 3 is 2.30 bits per heavy atom. The van der Waals surface area contributed by atoms with Crippen LogP contribution in [-0.4, -0.2) is 26.2 Å². The van der Waals surface area contributed by atoms with Gasteiger partial charge in [0.2, 0.25) is 0 Å². The minimum absolute atomic E-state index is 0.127. The minimum atomic E-state index is -4.47. The number of likely N-dealkylation sites (N-methyl/N-ethyl adjacent to an activating group) is 1. The van der Waals surface area contributed by atoms with Crippen LogP contribution < -0.4 is 4.90 Å². The number of carbonyl (C=O) groups excluding carboxylic acids is 1. The Bertz CT molecular complexity index is 964. The van der Waals surface area contributed by atoms with Crippen LogP contribution in [0.3, 0.4) is 0 Å². The molecule has 9 heteroatoms. The van der Waals surface area contributed by atoms with E-state index < -0.39 is 17.2 Å². The quantitative estimate of drug-likeness (QED) is 0.254. The monoisotopic (exact) mass is 483 g/mol. The first-order valence-corrected chi connectivity index (χ1v) is 11.1. The van der Waals surface area contributed by atoms with Gasteiger partial charge in [-0.05, 0) is 62.2 Å². The Labute approximate surface area is 197 Å². The van der Waals surface area contributed by atoms with E-state index in [0.29, 0.717) is 12.2 Å². The molecule has 33 heavy (non-hydrogen) atoms. The van der Waals surface area contributed by atoms with E-state index in [1.54, 1.807) is 12.1 Å². The van der Waals surface area contributed by atoms with Gasteiger partial charge in [-0.25, -0.2) is 0 Å². The van der Waals surface area contributed by atoms with Gasteiger partial charge in [-0.1, -0.05) is 31.9 Å². The molecule has 1 unspecified atom stereocenters. The summed E-state index contributed by atoms with van der Waals surface area (Å²) < 4.78 is 43.7. The maximum Gasteiger partial charge on any atom is 0.416 e. The number of ether oxygens (including phenoxy) is 1. The van der Waals surface area contributed by atoms with Crippen molar-refractivity contribution in [1.29, 1.82) is 0 Å². The SMILES string of the molecule is CCCC(C)(CC)C(=O)OCCN(C)c1ccc(N=Nc2ccc(C(F)(F)F)cc2Cl)cc1. The molecule has 0 spiro atoms. The Kier molecular flexibility index (Phi) is 9.28. The Morgan fingerprint density at radius 2 is 1.76 bits per heavy atom. The Balaban J connectivity index is 1.94. The number of halogens is 4. The summed E-state index contributed by atoms with van der Waals surface area (Å²) in [7, 11) is 1.89. The number of hydrogen-bond donors (Lipinski definition) is 0. The summed E-state index contributed by atoms with van der Waals surface area (Å²) in [4.78, 5) is 14.3. The lowest BCUT2D eigenvalue weighted by atomic mass is 9.83. The van der Waals surface area contributed by atoms with Crippen molar-refractivity contribution < 1.29 is 22.7 Å². The largest absolute Gasteiger partial charge is 0.463 e. The molecule has 0 aliphatic rings. The number of azo groups is 1. The van der Waals surface area contributed by atoms with Gasteiger partial charge in [0.15, 0.2) is 0 Å². The van der Waals surface area contributed by atoms with Gasteiger partial charge in [0, 0.05) is 12.7 Å². The molecule has 2 aromatic rings. The maximum atomic E-state index is 12.7. The zero-order valence-corrected chi connectivity index (χ0v) is 20.0. The molecule has 0 aliphatic heterocycles. The van der Waals surface area contributed by atoms with Crippen molar-refractivity contribution in [3.8, 4) is 0 Å². The molecule has 0 fully saturated rings. The number of nitrogens with zero attached hydrogens (tertiary/aromatic N) is 3. The summed E-state index contributed by atoms with van der Waals surface area (Å²) in [6.45, 7) is 6.79. The number of anilines is 1. The maximum absolute atomic E-state index is 12.7. The van der Waals surface area contributed by atoms with E-state index in [1.165, 1.54) is 6.07 Å². The first kappa shape index (κ1) is 26.6. The van der Waals surface area contributed by atoms with Crippen LogP contribution in [0, 0.1) is 5.41 Å². The Hall–Kier alpha value is -2.61. The molecule has 5 nitrogen and oxygen atoms in total. The summed E-state index contributed by atoms with van der Waals surface area (Å²) in [6, 6.07) is 10.0. The van der Waals surface area contributed by atoms with Crippen LogP contribution in [0.2, 0.25) is 5.02 Å². The summed E-state index contributed by atoms with van der Waals surface area (Å²) in [5.74, 6) is -0.169. The zero-order chi connectivity index (χ0) is 24.6. The van der Waals surface area contributed by atoms with E-state index in [1.807, 2.05) is 37.9 Å². The molecule has 0 N–H and O–H groups in total. The van der Waals surface area contributed by atoms with Crippen LogP contribution in [0.1, 0.15) is 45.6 Å². The molecule has 0 saturated carbocycles. The van der Waals surface area contributed by atoms with Crippen molar-refractivity contribution in [2.75, 3.05) is 25.1 Å². The van der Waals surface area contributed by atoms with E-state index in [2.05, 4.69) is 17.2 Å². The fourth-order valence-electron chi connectivity index (χ4n) is 3.20.